The molecular weight excluding hydrogens is 488 g/mol. The van der Waals surface area contributed by atoms with Gasteiger partial charge in [0.15, 0.2) is 4.34 Å². The van der Waals surface area contributed by atoms with Gasteiger partial charge in [0, 0.05) is 10.2 Å². The Morgan fingerprint density at radius 2 is 1.87 bits per heavy atom. The van der Waals surface area contributed by atoms with Gasteiger partial charge in [0.25, 0.3) is 5.91 Å². The van der Waals surface area contributed by atoms with E-state index >= 15 is 0 Å². The van der Waals surface area contributed by atoms with Crippen LogP contribution >= 0.6 is 39.0 Å². The number of amides is 2. The van der Waals surface area contributed by atoms with E-state index in [1.165, 1.54) is 23.1 Å². The van der Waals surface area contributed by atoms with Crippen LogP contribution in [0, 0.1) is 0 Å². The molecule has 1 unspecified atom stereocenters. The van der Waals surface area contributed by atoms with Gasteiger partial charge in [-0.3, -0.25) is 14.9 Å². The van der Waals surface area contributed by atoms with Gasteiger partial charge in [-0.15, -0.1) is 10.2 Å². The number of rotatable bonds is 8. The lowest BCUT2D eigenvalue weighted by molar-refractivity contribution is -0.115. The molecule has 10 heteroatoms. The number of hydrogen-bond donors (Lipinski definition) is 2. The fourth-order valence-corrected chi connectivity index (χ4v) is 4.72. The first kappa shape index (κ1) is 22.3. The normalized spacial score (nSPS) is 11.6. The van der Waals surface area contributed by atoms with Crippen molar-refractivity contribution in [2.45, 2.75) is 23.4 Å². The van der Waals surface area contributed by atoms with Crippen molar-refractivity contribution in [3.05, 3.63) is 58.6 Å². The van der Waals surface area contributed by atoms with E-state index in [4.69, 9.17) is 4.74 Å². The van der Waals surface area contributed by atoms with Crippen LogP contribution in [0.25, 0.3) is 0 Å². The molecule has 3 rings (SSSR count). The van der Waals surface area contributed by atoms with E-state index < -0.39 is 5.25 Å². The Morgan fingerprint density at radius 1 is 1.13 bits per heavy atom. The molecule has 1 aromatic heterocycles. The lowest BCUT2D eigenvalue weighted by atomic mass is 10.2. The van der Waals surface area contributed by atoms with Gasteiger partial charge in [0.05, 0.1) is 17.4 Å². The number of thioether (sulfide) groups is 1. The quantitative estimate of drug-likeness (QED) is 0.327. The second kappa shape index (κ2) is 10.6. The summed E-state index contributed by atoms with van der Waals surface area (Å²) in [5.74, 6) is 0.318. The van der Waals surface area contributed by atoms with Crippen LogP contribution in [-0.2, 0) is 4.79 Å². The zero-order valence-electron chi connectivity index (χ0n) is 16.2. The minimum atomic E-state index is -0.392. The summed E-state index contributed by atoms with van der Waals surface area (Å²) in [6.45, 7) is 4.29. The summed E-state index contributed by atoms with van der Waals surface area (Å²) in [5.41, 5.74) is 1.19. The molecule has 3 aromatic rings. The average molecular weight is 507 g/mol. The molecule has 0 aliphatic rings. The zero-order chi connectivity index (χ0) is 21.5. The van der Waals surface area contributed by atoms with Crippen molar-refractivity contribution in [2.75, 3.05) is 17.2 Å². The molecule has 156 valence electrons. The van der Waals surface area contributed by atoms with E-state index in [2.05, 4.69) is 36.8 Å². The van der Waals surface area contributed by atoms with Gasteiger partial charge < -0.3 is 10.1 Å². The van der Waals surface area contributed by atoms with E-state index in [1.54, 1.807) is 37.3 Å². The Morgan fingerprint density at radius 3 is 2.57 bits per heavy atom. The molecule has 0 bridgehead atoms. The summed E-state index contributed by atoms with van der Waals surface area (Å²) >= 11 is 5.85. The molecule has 2 amide bonds. The second-order valence-corrected chi connectivity index (χ2v) is 9.43. The van der Waals surface area contributed by atoms with Gasteiger partial charge >= 0.3 is 0 Å². The molecule has 0 spiro atoms. The summed E-state index contributed by atoms with van der Waals surface area (Å²) < 4.78 is 6.68. The molecule has 0 radical (unpaired) electrons. The topological polar surface area (TPSA) is 93.2 Å². The van der Waals surface area contributed by atoms with Crippen LogP contribution in [0.4, 0.5) is 10.8 Å². The van der Waals surface area contributed by atoms with Crippen molar-refractivity contribution >= 4 is 61.7 Å². The van der Waals surface area contributed by atoms with E-state index in [0.717, 1.165) is 5.75 Å². The van der Waals surface area contributed by atoms with E-state index in [0.29, 0.717) is 31.8 Å². The highest BCUT2D eigenvalue weighted by Gasteiger charge is 2.18. The molecule has 0 saturated heterocycles. The molecule has 0 fully saturated rings. The molecular formula is C20H19BrN4O3S2. The number of nitrogens with zero attached hydrogens (tertiary/aromatic N) is 2. The highest BCUT2D eigenvalue weighted by molar-refractivity contribution is 9.10. The van der Waals surface area contributed by atoms with Gasteiger partial charge in [-0.25, -0.2) is 0 Å². The summed E-state index contributed by atoms with van der Waals surface area (Å²) in [4.78, 5) is 24.8. The molecule has 7 nitrogen and oxygen atoms in total. The summed E-state index contributed by atoms with van der Waals surface area (Å²) in [7, 11) is 0. The fraction of sp³-hybridized carbons (Fsp3) is 0.200. The maximum atomic E-state index is 12.5. The number of aromatic nitrogens is 2. The largest absolute Gasteiger partial charge is 0.494 e. The van der Waals surface area contributed by atoms with Crippen LogP contribution in [0.1, 0.15) is 24.2 Å². The van der Waals surface area contributed by atoms with Gasteiger partial charge in [0.1, 0.15) is 5.75 Å². The van der Waals surface area contributed by atoms with Crippen molar-refractivity contribution in [3.8, 4) is 5.75 Å². The maximum Gasteiger partial charge on any atom is 0.258 e. The summed E-state index contributed by atoms with van der Waals surface area (Å²) in [6, 6.07) is 14.3. The van der Waals surface area contributed by atoms with Crippen LogP contribution in [0.3, 0.4) is 0 Å². The third-order valence-electron chi connectivity index (χ3n) is 3.83. The monoisotopic (exact) mass is 506 g/mol. The van der Waals surface area contributed by atoms with Crippen molar-refractivity contribution < 1.29 is 14.3 Å². The molecule has 0 aliphatic heterocycles. The Kier molecular flexibility index (Phi) is 7.83. The second-order valence-electron chi connectivity index (χ2n) is 6.01. The molecule has 30 heavy (non-hydrogen) atoms. The van der Waals surface area contributed by atoms with Crippen molar-refractivity contribution in [3.63, 3.8) is 0 Å². The molecule has 0 saturated carbocycles. The lowest BCUT2D eigenvalue weighted by Gasteiger charge is -2.11. The number of carbonyl (C=O) groups excluding carboxylic acids is 2. The highest BCUT2D eigenvalue weighted by Crippen LogP contribution is 2.30. The third-order valence-corrected chi connectivity index (χ3v) is 6.54. The van der Waals surface area contributed by atoms with Gasteiger partial charge in [-0.05, 0) is 66.2 Å². The third kappa shape index (κ3) is 6.04. The van der Waals surface area contributed by atoms with Crippen LogP contribution in [0.5, 0.6) is 5.75 Å². The number of benzene rings is 2. The smallest absolute Gasteiger partial charge is 0.258 e. The minimum Gasteiger partial charge on any atom is -0.494 e. The first-order valence-electron chi connectivity index (χ1n) is 9.06. The van der Waals surface area contributed by atoms with Crippen LogP contribution in [-0.4, -0.2) is 33.9 Å². The first-order chi connectivity index (χ1) is 14.5. The molecule has 1 atom stereocenters. The van der Waals surface area contributed by atoms with Gasteiger partial charge in [-0.2, -0.15) is 0 Å². The Balaban J connectivity index is 1.55. The Hall–Kier alpha value is -2.43. The number of hydrogen-bond acceptors (Lipinski definition) is 7. The summed E-state index contributed by atoms with van der Waals surface area (Å²) in [6.07, 6.45) is 0. The minimum absolute atomic E-state index is 0.154. The predicted molar refractivity (Wildman–Crippen MR) is 124 cm³/mol. The van der Waals surface area contributed by atoms with Gasteiger partial charge in [-0.1, -0.05) is 35.2 Å². The first-order valence-corrected chi connectivity index (χ1v) is 11.5. The zero-order valence-corrected chi connectivity index (χ0v) is 19.4. The number of anilines is 2. The van der Waals surface area contributed by atoms with Crippen LogP contribution in [0.2, 0.25) is 0 Å². The molecule has 2 aromatic carbocycles. The summed E-state index contributed by atoms with van der Waals surface area (Å²) in [5, 5.41) is 13.6. The van der Waals surface area contributed by atoms with E-state index in [-0.39, 0.29) is 11.8 Å². The van der Waals surface area contributed by atoms with E-state index in [9.17, 15) is 9.59 Å². The SMILES string of the molecule is CCOc1ccc(NC(=O)C(C)Sc2nnc(NC(=O)c3ccccc3Br)s2)cc1. The number of carbonyl (C=O) groups is 2. The van der Waals surface area contributed by atoms with Crippen molar-refractivity contribution in [1.82, 2.24) is 10.2 Å². The van der Waals surface area contributed by atoms with E-state index in [1.807, 2.05) is 25.1 Å². The highest BCUT2D eigenvalue weighted by atomic mass is 79.9. The van der Waals surface area contributed by atoms with Crippen molar-refractivity contribution in [2.24, 2.45) is 0 Å². The van der Waals surface area contributed by atoms with Crippen LogP contribution < -0.4 is 15.4 Å². The van der Waals surface area contributed by atoms with Gasteiger partial charge in [0.2, 0.25) is 11.0 Å². The maximum absolute atomic E-state index is 12.5. The number of ether oxygens (including phenoxy) is 1. The van der Waals surface area contributed by atoms with Crippen LogP contribution in [0.15, 0.2) is 57.3 Å². The predicted octanol–water partition coefficient (Wildman–Crippen LogP) is 5.07. The number of nitrogens with one attached hydrogen (secondary N) is 2. The molecule has 2 N–H and O–H groups in total. The molecule has 0 aliphatic carbocycles. The lowest BCUT2D eigenvalue weighted by Crippen LogP contribution is -2.22. The van der Waals surface area contributed by atoms with Crippen molar-refractivity contribution in [1.29, 1.82) is 0 Å². The Bertz CT molecular complexity index is 1030. The number of halogens is 1. The Labute approximate surface area is 190 Å². The average Bonchev–Trinajstić information content (AvgIpc) is 3.16. The fourth-order valence-electron chi connectivity index (χ4n) is 2.37. The molecule has 1 heterocycles. The standard InChI is InChI=1S/C20H19BrN4O3S2/c1-3-28-14-10-8-13(9-11-14)22-17(26)12(2)29-20-25-24-19(30-20)23-18(27)15-6-4-5-7-16(15)21/h4-12H,3H2,1-2H3,(H,22,26)(H,23,24,27).